The van der Waals surface area contributed by atoms with Crippen molar-refractivity contribution in [2.75, 3.05) is 24.5 Å². The molecule has 3 aromatic carbocycles. The molecule has 0 spiro atoms. The van der Waals surface area contributed by atoms with Crippen LogP contribution in [0.5, 0.6) is 0 Å². The monoisotopic (exact) mass is 473 g/mol. The Balaban J connectivity index is 1.53. The van der Waals surface area contributed by atoms with Gasteiger partial charge in [-0.1, -0.05) is 60.7 Å². The van der Waals surface area contributed by atoms with E-state index in [9.17, 15) is 19.5 Å². The standard InChI is InChI=1S/C27H27N3O5/c1-20-9-8-14-23(17-20)30(22-12-6-3-7-13-22)26(33)29-16-15-28(18-24(29)25(31)32)27(34)35-19-21-10-4-2-5-11-21/h2-14,17,24H,15-16,18-19H2,1H3,(H,31,32)/t24-/m0/s1. The molecular formula is C27H27N3O5. The van der Waals surface area contributed by atoms with Crippen LogP contribution in [0.4, 0.5) is 21.0 Å². The summed E-state index contributed by atoms with van der Waals surface area (Å²) < 4.78 is 5.37. The van der Waals surface area contributed by atoms with Gasteiger partial charge in [0.25, 0.3) is 0 Å². The number of carboxylic acids is 1. The Labute approximate surface area is 203 Å². The predicted molar refractivity (Wildman–Crippen MR) is 131 cm³/mol. The lowest BCUT2D eigenvalue weighted by atomic mass is 10.1. The summed E-state index contributed by atoms with van der Waals surface area (Å²) in [5.41, 5.74) is 3.06. The van der Waals surface area contributed by atoms with Gasteiger partial charge in [-0.3, -0.25) is 4.90 Å². The number of hydrogen-bond acceptors (Lipinski definition) is 4. The van der Waals surface area contributed by atoms with E-state index in [1.54, 1.807) is 12.1 Å². The van der Waals surface area contributed by atoms with Crippen molar-refractivity contribution < 1.29 is 24.2 Å². The van der Waals surface area contributed by atoms with Gasteiger partial charge >= 0.3 is 18.1 Å². The molecule has 1 aliphatic heterocycles. The molecule has 3 amide bonds. The minimum atomic E-state index is -1.21. The van der Waals surface area contributed by atoms with Crippen LogP contribution in [0.25, 0.3) is 0 Å². The maximum Gasteiger partial charge on any atom is 0.410 e. The summed E-state index contributed by atoms with van der Waals surface area (Å²) in [6.07, 6.45) is -0.606. The van der Waals surface area contributed by atoms with E-state index in [2.05, 4.69) is 0 Å². The van der Waals surface area contributed by atoms with Crippen LogP contribution >= 0.6 is 0 Å². The van der Waals surface area contributed by atoms with Gasteiger partial charge in [-0.25, -0.2) is 14.4 Å². The molecule has 4 rings (SSSR count). The van der Waals surface area contributed by atoms with E-state index in [-0.39, 0.29) is 26.2 Å². The molecule has 8 heteroatoms. The van der Waals surface area contributed by atoms with Crippen LogP contribution in [-0.4, -0.2) is 58.7 Å². The highest BCUT2D eigenvalue weighted by Crippen LogP contribution is 2.29. The molecular weight excluding hydrogens is 446 g/mol. The molecule has 0 aliphatic carbocycles. The number of nitrogens with zero attached hydrogens (tertiary/aromatic N) is 3. The van der Waals surface area contributed by atoms with Crippen LogP contribution in [0.3, 0.4) is 0 Å². The summed E-state index contributed by atoms with van der Waals surface area (Å²) in [5, 5.41) is 9.94. The van der Waals surface area contributed by atoms with E-state index in [4.69, 9.17) is 4.74 Å². The van der Waals surface area contributed by atoms with E-state index < -0.39 is 24.1 Å². The van der Waals surface area contributed by atoms with E-state index in [1.807, 2.05) is 79.7 Å². The van der Waals surface area contributed by atoms with Crippen LogP contribution in [0.15, 0.2) is 84.9 Å². The Morgan fingerprint density at radius 3 is 2.23 bits per heavy atom. The molecule has 0 aromatic heterocycles. The molecule has 0 unspecified atom stereocenters. The Kier molecular flexibility index (Phi) is 7.30. The first kappa shape index (κ1) is 23.8. The molecule has 180 valence electrons. The van der Waals surface area contributed by atoms with Gasteiger partial charge in [-0.2, -0.15) is 0 Å². The highest BCUT2D eigenvalue weighted by Gasteiger charge is 2.40. The van der Waals surface area contributed by atoms with Gasteiger partial charge in [0.15, 0.2) is 0 Å². The van der Waals surface area contributed by atoms with Crippen LogP contribution < -0.4 is 4.90 Å². The number of amides is 3. The second-order valence-corrected chi connectivity index (χ2v) is 8.33. The highest BCUT2D eigenvalue weighted by molar-refractivity contribution is 6.01. The molecule has 1 aliphatic rings. The van der Waals surface area contributed by atoms with E-state index in [1.165, 1.54) is 14.7 Å². The Bertz CT molecular complexity index is 1190. The summed E-state index contributed by atoms with van der Waals surface area (Å²) in [6.45, 7) is 2.08. The van der Waals surface area contributed by atoms with Gasteiger partial charge in [0.2, 0.25) is 0 Å². The van der Waals surface area contributed by atoms with Crippen molar-refractivity contribution in [3.63, 3.8) is 0 Å². The van der Waals surface area contributed by atoms with Crippen LogP contribution in [0, 0.1) is 6.92 Å². The molecule has 1 atom stereocenters. The smallest absolute Gasteiger partial charge is 0.410 e. The molecule has 35 heavy (non-hydrogen) atoms. The molecule has 3 aromatic rings. The molecule has 8 nitrogen and oxygen atoms in total. The molecule has 1 N–H and O–H groups in total. The van der Waals surface area contributed by atoms with E-state index in [0.717, 1.165) is 11.1 Å². The number of rotatable bonds is 5. The summed E-state index contributed by atoms with van der Waals surface area (Å²) in [4.78, 5) is 42.7. The number of para-hydroxylation sites is 1. The van der Waals surface area contributed by atoms with E-state index in [0.29, 0.717) is 11.4 Å². The largest absolute Gasteiger partial charge is 0.480 e. The van der Waals surface area contributed by atoms with Gasteiger partial charge in [0, 0.05) is 13.1 Å². The lowest BCUT2D eigenvalue weighted by Crippen LogP contribution is -2.61. The maximum absolute atomic E-state index is 13.8. The normalized spacial score (nSPS) is 15.4. The fourth-order valence-corrected chi connectivity index (χ4v) is 4.04. The zero-order valence-electron chi connectivity index (χ0n) is 19.4. The minimum absolute atomic E-state index is 0.0609. The number of carboxylic acid groups (broad SMARTS) is 1. The maximum atomic E-state index is 13.8. The Morgan fingerprint density at radius 2 is 1.57 bits per heavy atom. The summed E-state index contributed by atoms with van der Waals surface area (Å²) in [7, 11) is 0. The fourth-order valence-electron chi connectivity index (χ4n) is 4.04. The van der Waals surface area contributed by atoms with Crippen LogP contribution in [-0.2, 0) is 16.1 Å². The van der Waals surface area contributed by atoms with Crippen LogP contribution in [0.1, 0.15) is 11.1 Å². The number of anilines is 2. The number of ether oxygens (including phenoxy) is 1. The quantitative estimate of drug-likeness (QED) is 0.582. The van der Waals surface area contributed by atoms with Crippen LogP contribution in [0.2, 0.25) is 0 Å². The van der Waals surface area contributed by atoms with E-state index >= 15 is 0 Å². The highest BCUT2D eigenvalue weighted by atomic mass is 16.6. The number of aliphatic carboxylic acids is 1. The van der Waals surface area contributed by atoms with Gasteiger partial charge in [-0.15, -0.1) is 0 Å². The lowest BCUT2D eigenvalue weighted by molar-refractivity contribution is -0.143. The second kappa shape index (κ2) is 10.7. The number of carbonyl (C=O) groups is 3. The minimum Gasteiger partial charge on any atom is -0.480 e. The van der Waals surface area contributed by atoms with Crippen molar-refractivity contribution in [3.05, 3.63) is 96.1 Å². The predicted octanol–water partition coefficient (Wildman–Crippen LogP) is 4.66. The molecule has 0 radical (unpaired) electrons. The molecule has 1 fully saturated rings. The average Bonchev–Trinajstić information content (AvgIpc) is 2.88. The first-order valence-corrected chi connectivity index (χ1v) is 11.3. The number of piperazine rings is 1. The SMILES string of the molecule is Cc1cccc(N(C(=O)N2CCN(C(=O)OCc3ccccc3)C[C@H]2C(=O)O)c2ccccc2)c1. The Hall–Kier alpha value is -4.33. The second-order valence-electron chi connectivity index (χ2n) is 8.33. The number of benzene rings is 3. The van der Waals surface area contributed by atoms with Crippen molar-refractivity contribution >= 4 is 29.5 Å². The zero-order valence-corrected chi connectivity index (χ0v) is 19.4. The molecule has 1 saturated heterocycles. The molecule has 1 heterocycles. The third kappa shape index (κ3) is 5.60. The number of urea groups is 1. The number of hydrogen-bond donors (Lipinski definition) is 1. The first-order chi connectivity index (χ1) is 16.9. The summed E-state index contributed by atoms with van der Waals surface area (Å²) in [5.74, 6) is -1.18. The number of carbonyl (C=O) groups excluding carboxylic acids is 2. The third-order valence-corrected chi connectivity index (χ3v) is 5.84. The zero-order chi connectivity index (χ0) is 24.8. The lowest BCUT2D eigenvalue weighted by Gasteiger charge is -2.41. The topological polar surface area (TPSA) is 90.4 Å². The summed E-state index contributed by atoms with van der Waals surface area (Å²) in [6, 6.07) is 24.1. The van der Waals surface area contributed by atoms with Crippen molar-refractivity contribution in [2.24, 2.45) is 0 Å². The van der Waals surface area contributed by atoms with Gasteiger partial charge in [0.05, 0.1) is 17.9 Å². The first-order valence-electron chi connectivity index (χ1n) is 11.3. The van der Waals surface area contributed by atoms with Crippen molar-refractivity contribution in [1.29, 1.82) is 0 Å². The van der Waals surface area contributed by atoms with Gasteiger partial charge < -0.3 is 19.6 Å². The fraction of sp³-hybridized carbons (Fsp3) is 0.222. The van der Waals surface area contributed by atoms with Crippen molar-refractivity contribution in [1.82, 2.24) is 9.80 Å². The van der Waals surface area contributed by atoms with Gasteiger partial charge in [-0.05, 0) is 42.3 Å². The Morgan fingerprint density at radius 1 is 0.914 bits per heavy atom. The molecule has 0 saturated carbocycles. The average molecular weight is 474 g/mol. The molecule has 0 bridgehead atoms. The number of aryl methyl sites for hydroxylation is 1. The summed E-state index contributed by atoms with van der Waals surface area (Å²) >= 11 is 0. The van der Waals surface area contributed by atoms with Crippen molar-refractivity contribution in [2.45, 2.75) is 19.6 Å². The third-order valence-electron chi connectivity index (χ3n) is 5.84. The van der Waals surface area contributed by atoms with Crippen molar-refractivity contribution in [3.8, 4) is 0 Å². The van der Waals surface area contributed by atoms with Gasteiger partial charge in [0.1, 0.15) is 12.6 Å².